The number of halogens is 2. The van der Waals surface area contributed by atoms with Crippen molar-refractivity contribution in [2.45, 2.75) is 57.7 Å². The molecule has 2 aliphatic rings. The number of rotatable bonds is 10. The third-order valence-electron chi connectivity index (χ3n) is 7.83. The Hall–Kier alpha value is -4.84. The van der Waals surface area contributed by atoms with Gasteiger partial charge in [0.1, 0.15) is 36.2 Å². The maximum Gasteiger partial charge on any atom is 0.411 e. The fraction of sp³-hybridized carbons (Fsp3) is 0.353. The Morgan fingerprint density at radius 3 is 2.43 bits per heavy atom. The minimum Gasteiger partial charge on any atom is -0.490 e. The number of nitrogens with zero attached hydrogens (tertiary/aromatic N) is 1. The van der Waals surface area contributed by atoms with Gasteiger partial charge in [0, 0.05) is 50.2 Å². The topological polar surface area (TPSA) is 120 Å². The molecule has 1 atom stereocenters. The Labute approximate surface area is 264 Å². The van der Waals surface area contributed by atoms with Gasteiger partial charge in [0.05, 0.1) is 18.2 Å². The maximum absolute atomic E-state index is 13.8. The number of carbonyl (C=O) groups is 4. The monoisotopic (exact) mass is 636 g/mol. The molecular weight excluding hydrogens is 602 g/mol. The Morgan fingerprint density at radius 1 is 0.913 bits per heavy atom. The van der Waals surface area contributed by atoms with Gasteiger partial charge in [0.2, 0.25) is 0 Å². The zero-order valence-corrected chi connectivity index (χ0v) is 25.3. The summed E-state index contributed by atoms with van der Waals surface area (Å²) in [5.74, 6) is -1.65. The minimum atomic E-state index is -1.03. The summed E-state index contributed by atoms with van der Waals surface area (Å²) in [7, 11) is 1.52. The molecule has 46 heavy (non-hydrogen) atoms. The van der Waals surface area contributed by atoms with Crippen LogP contribution in [0.25, 0.3) is 0 Å². The highest BCUT2D eigenvalue weighted by Crippen LogP contribution is 2.37. The first-order chi connectivity index (χ1) is 22.2. The number of nitrogens with one attached hydrogen (secondary N) is 1. The molecular formula is C34H34F2N2O8. The van der Waals surface area contributed by atoms with Gasteiger partial charge in [0.25, 0.3) is 5.91 Å². The van der Waals surface area contributed by atoms with Crippen molar-refractivity contribution in [3.8, 4) is 17.2 Å². The van der Waals surface area contributed by atoms with E-state index in [9.17, 15) is 28.0 Å². The fourth-order valence-electron chi connectivity index (χ4n) is 5.47. The number of carbonyl (C=O) groups excluding carboxylic acids is 4. The van der Waals surface area contributed by atoms with Gasteiger partial charge >= 0.3 is 6.09 Å². The third kappa shape index (κ3) is 7.86. The molecule has 0 radical (unpaired) electrons. The molecule has 1 fully saturated rings. The zero-order valence-electron chi connectivity index (χ0n) is 25.3. The lowest BCUT2D eigenvalue weighted by molar-refractivity contribution is -0.124. The van der Waals surface area contributed by atoms with Gasteiger partial charge in [-0.3, -0.25) is 19.7 Å². The smallest absolute Gasteiger partial charge is 0.411 e. The summed E-state index contributed by atoms with van der Waals surface area (Å²) in [5.41, 5.74) is 1.81. The van der Waals surface area contributed by atoms with Crippen LogP contribution in [-0.2, 0) is 32.2 Å². The van der Waals surface area contributed by atoms with Gasteiger partial charge in [-0.2, -0.15) is 0 Å². The Bertz CT molecular complexity index is 1610. The van der Waals surface area contributed by atoms with Crippen molar-refractivity contribution >= 4 is 29.3 Å². The quantitative estimate of drug-likeness (QED) is 0.256. The first-order valence-electron chi connectivity index (χ1n) is 15.0. The van der Waals surface area contributed by atoms with Crippen molar-refractivity contribution in [3.63, 3.8) is 0 Å². The van der Waals surface area contributed by atoms with Gasteiger partial charge < -0.3 is 23.8 Å². The molecule has 0 aromatic heterocycles. The zero-order chi connectivity index (χ0) is 32.6. The summed E-state index contributed by atoms with van der Waals surface area (Å²) in [4.78, 5) is 53.3. The molecule has 5 rings (SSSR count). The second-order valence-corrected chi connectivity index (χ2v) is 11.0. The standard InChI is InChI=1S/C34H34F2N2O8/c1-43-16-17-44-32-22(7-6-21-19-38(33(41)31(21)32)29-15-10-24(39)4-2-3-5-30(29)40)20-45-34(42)37-23-8-11-25(12-9-23)46-26-13-14-27(35)28(36)18-26/h6-9,11-14,18,29H,2-5,10,15-17,19-20H2,1H3,(H,37,42). The van der Waals surface area contributed by atoms with Crippen molar-refractivity contribution in [1.82, 2.24) is 4.90 Å². The van der Waals surface area contributed by atoms with Crippen LogP contribution in [0.4, 0.5) is 19.3 Å². The number of anilines is 1. The first kappa shape index (κ1) is 32.6. The summed E-state index contributed by atoms with van der Waals surface area (Å²) in [5, 5.41) is 2.60. The van der Waals surface area contributed by atoms with E-state index in [4.69, 9.17) is 18.9 Å². The summed E-state index contributed by atoms with van der Waals surface area (Å²) in [6, 6.07) is 12.1. The van der Waals surface area contributed by atoms with E-state index in [-0.39, 0.29) is 68.2 Å². The number of hydrogen-bond donors (Lipinski definition) is 1. The van der Waals surface area contributed by atoms with Crippen LogP contribution in [-0.4, -0.2) is 54.8 Å². The van der Waals surface area contributed by atoms with Crippen LogP contribution in [0.2, 0.25) is 0 Å². The van der Waals surface area contributed by atoms with Crippen LogP contribution in [0.5, 0.6) is 17.2 Å². The van der Waals surface area contributed by atoms with Crippen LogP contribution < -0.4 is 14.8 Å². The number of ketones is 2. The lowest BCUT2D eigenvalue weighted by Crippen LogP contribution is -2.41. The van der Waals surface area contributed by atoms with E-state index >= 15 is 0 Å². The molecule has 2 amide bonds. The van der Waals surface area contributed by atoms with Gasteiger partial charge in [-0.25, -0.2) is 13.6 Å². The van der Waals surface area contributed by atoms with Crippen LogP contribution in [0.15, 0.2) is 54.6 Å². The van der Waals surface area contributed by atoms with E-state index in [1.165, 1.54) is 30.2 Å². The molecule has 1 aliphatic carbocycles. The van der Waals surface area contributed by atoms with E-state index in [2.05, 4.69) is 5.32 Å². The van der Waals surface area contributed by atoms with Crippen molar-refractivity contribution in [3.05, 3.63) is 82.9 Å². The van der Waals surface area contributed by atoms with E-state index in [0.717, 1.165) is 12.1 Å². The van der Waals surface area contributed by atoms with E-state index in [1.54, 1.807) is 24.3 Å². The molecule has 12 heteroatoms. The Morgan fingerprint density at radius 2 is 1.67 bits per heavy atom. The molecule has 0 saturated heterocycles. The average Bonchev–Trinajstić information content (AvgIpc) is 3.40. The number of fused-ring (bicyclic) bond motifs is 1. The lowest BCUT2D eigenvalue weighted by atomic mass is 10.0. The van der Waals surface area contributed by atoms with Crippen molar-refractivity contribution in [2.75, 3.05) is 25.6 Å². The van der Waals surface area contributed by atoms with E-state index in [1.807, 2.05) is 0 Å². The Balaban J connectivity index is 1.26. The van der Waals surface area contributed by atoms with E-state index in [0.29, 0.717) is 53.8 Å². The number of hydrogen-bond acceptors (Lipinski definition) is 8. The van der Waals surface area contributed by atoms with Crippen LogP contribution >= 0.6 is 0 Å². The molecule has 3 aromatic carbocycles. The predicted molar refractivity (Wildman–Crippen MR) is 162 cm³/mol. The molecule has 10 nitrogen and oxygen atoms in total. The molecule has 3 aromatic rings. The summed E-state index contributed by atoms with van der Waals surface area (Å²) in [6.07, 6.45) is 1.79. The second-order valence-electron chi connectivity index (χ2n) is 11.0. The highest BCUT2D eigenvalue weighted by molar-refractivity contribution is 6.04. The van der Waals surface area contributed by atoms with Gasteiger partial charge in [-0.15, -0.1) is 0 Å². The summed E-state index contributed by atoms with van der Waals surface area (Å²) >= 11 is 0. The van der Waals surface area contributed by atoms with Crippen molar-refractivity contribution in [1.29, 1.82) is 0 Å². The molecule has 0 spiro atoms. The maximum atomic E-state index is 13.8. The number of benzene rings is 3. The van der Waals surface area contributed by atoms with Crippen molar-refractivity contribution in [2.24, 2.45) is 0 Å². The summed E-state index contributed by atoms with van der Waals surface area (Å²) < 4.78 is 48.7. The van der Waals surface area contributed by atoms with Gasteiger partial charge in [-0.1, -0.05) is 12.1 Å². The fourth-order valence-corrected chi connectivity index (χ4v) is 5.47. The third-order valence-corrected chi connectivity index (χ3v) is 7.83. The predicted octanol–water partition coefficient (Wildman–Crippen LogP) is 6.35. The molecule has 1 N–H and O–H groups in total. The molecule has 1 heterocycles. The highest BCUT2D eigenvalue weighted by atomic mass is 19.2. The Kier molecular flexibility index (Phi) is 10.6. The number of ether oxygens (including phenoxy) is 4. The largest absolute Gasteiger partial charge is 0.490 e. The lowest BCUT2D eigenvalue weighted by Gasteiger charge is -2.26. The average molecular weight is 637 g/mol. The van der Waals surface area contributed by atoms with Gasteiger partial charge in [0.15, 0.2) is 17.4 Å². The van der Waals surface area contributed by atoms with Crippen LogP contribution in [0.1, 0.15) is 60.0 Å². The number of Topliss-reactive ketones (excluding diaryl/α,β-unsaturated/α-hetero) is 2. The van der Waals surface area contributed by atoms with E-state index < -0.39 is 23.8 Å². The minimum absolute atomic E-state index is 0.0538. The van der Waals surface area contributed by atoms with Gasteiger partial charge in [-0.05, 0) is 61.2 Å². The molecule has 1 unspecified atom stereocenters. The first-order valence-corrected chi connectivity index (χ1v) is 15.0. The molecule has 0 bridgehead atoms. The summed E-state index contributed by atoms with van der Waals surface area (Å²) in [6.45, 7) is 0.371. The second kappa shape index (κ2) is 15.0. The van der Waals surface area contributed by atoms with Crippen LogP contribution in [0, 0.1) is 11.6 Å². The number of amides is 2. The number of methoxy groups -OCH3 is 1. The molecule has 1 aliphatic heterocycles. The van der Waals surface area contributed by atoms with Crippen molar-refractivity contribution < 1.29 is 46.9 Å². The highest BCUT2D eigenvalue weighted by Gasteiger charge is 2.39. The SMILES string of the molecule is COCCOc1c(COC(=O)Nc2ccc(Oc3ccc(F)c(F)c3)cc2)ccc2c1C(=O)N(C1CCC(=O)CCCCC1=O)C2. The van der Waals surface area contributed by atoms with Crippen LogP contribution in [0.3, 0.4) is 0 Å². The molecule has 242 valence electrons. The normalized spacial score (nSPS) is 16.7. The molecule has 1 saturated carbocycles.